The molecule has 17 heavy (non-hydrogen) atoms. The summed E-state index contributed by atoms with van der Waals surface area (Å²) < 4.78 is 4.56. The fourth-order valence-corrected chi connectivity index (χ4v) is 1.21. The van der Waals surface area contributed by atoms with E-state index in [0.29, 0.717) is 5.92 Å². The minimum Gasteiger partial charge on any atom is -0.466 e. The van der Waals surface area contributed by atoms with E-state index in [1.807, 2.05) is 6.92 Å². The highest BCUT2D eigenvalue weighted by atomic mass is 16.5. The Morgan fingerprint density at radius 3 is 2.65 bits per heavy atom. The van der Waals surface area contributed by atoms with Crippen molar-refractivity contribution in [1.82, 2.24) is 0 Å². The monoisotopic (exact) mass is 236 g/mol. The summed E-state index contributed by atoms with van der Waals surface area (Å²) in [6.07, 6.45) is 13.0. The summed E-state index contributed by atoms with van der Waals surface area (Å²) in [4.78, 5) is 10.9. The van der Waals surface area contributed by atoms with Gasteiger partial charge in [0.1, 0.15) is 0 Å². The Bertz CT molecular complexity index is 298. The minimum atomic E-state index is -0.275. The van der Waals surface area contributed by atoms with Crippen LogP contribution in [0.5, 0.6) is 0 Å². The Balaban J connectivity index is 3.84. The van der Waals surface area contributed by atoms with E-state index >= 15 is 0 Å². The lowest BCUT2D eigenvalue weighted by Crippen LogP contribution is -1.95. The minimum absolute atomic E-state index is 0.275. The Hall–Kier alpha value is -1.31. The maximum absolute atomic E-state index is 10.9. The lowest BCUT2D eigenvalue weighted by molar-refractivity contribution is -0.134. The van der Waals surface area contributed by atoms with Gasteiger partial charge in [0.05, 0.1) is 7.11 Å². The molecule has 0 rings (SSSR count). The molecule has 0 aliphatic rings. The summed E-state index contributed by atoms with van der Waals surface area (Å²) in [5.41, 5.74) is 1.05. The number of hydrogen-bond acceptors (Lipinski definition) is 2. The molecule has 0 saturated heterocycles. The van der Waals surface area contributed by atoms with Crippen molar-refractivity contribution in [2.24, 2.45) is 5.92 Å². The quantitative estimate of drug-likeness (QED) is 0.379. The first-order valence-electron chi connectivity index (χ1n) is 6.18. The predicted octanol–water partition coefficient (Wildman–Crippen LogP) is 4.04. The van der Waals surface area contributed by atoms with Crippen LogP contribution in [-0.2, 0) is 9.53 Å². The standard InChI is InChI=1S/C15H24O2/c1-5-13(2)10-8-6-7-9-11-14(3)12-15(16)17-4/h6-8,10,12-13H,5,9,11H2,1-4H3/t13-/m0/s1. The zero-order chi connectivity index (χ0) is 13.1. The molecule has 0 unspecified atom stereocenters. The van der Waals surface area contributed by atoms with Crippen molar-refractivity contribution in [1.29, 1.82) is 0 Å². The second kappa shape index (κ2) is 9.88. The lowest BCUT2D eigenvalue weighted by atomic mass is 10.1. The summed E-state index contributed by atoms with van der Waals surface area (Å²) in [5, 5.41) is 0. The van der Waals surface area contributed by atoms with Gasteiger partial charge in [-0.2, -0.15) is 0 Å². The Labute approximate surface area is 105 Å². The van der Waals surface area contributed by atoms with Crippen molar-refractivity contribution < 1.29 is 9.53 Å². The maximum Gasteiger partial charge on any atom is 0.330 e. The van der Waals surface area contributed by atoms with Gasteiger partial charge >= 0.3 is 5.97 Å². The summed E-state index contributed by atoms with van der Waals surface area (Å²) in [7, 11) is 1.39. The van der Waals surface area contributed by atoms with Gasteiger partial charge in [0, 0.05) is 6.08 Å². The third-order valence-electron chi connectivity index (χ3n) is 2.60. The largest absolute Gasteiger partial charge is 0.466 e. The molecule has 0 aliphatic carbocycles. The average molecular weight is 236 g/mol. The van der Waals surface area contributed by atoms with Crippen LogP contribution in [0.3, 0.4) is 0 Å². The van der Waals surface area contributed by atoms with Crippen molar-refractivity contribution in [2.75, 3.05) is 7.11 Å². The van der Waals surface area contributed by atoms with Gasteiger partial charge in [0.25, 0.3) is 0 Å². The number of esters is 1. The molecular formula is C15H24O2. The van der Waals surface area contributed by atoms with E-state index < -0.39 is 0 Å². The van der Waals surface area contributed by atoms with Gasteiger partial charge in [-0.05, 0) is 25.7 Å². The van der Waals surface area contributed by atoms with E-state index in [9.17, 15) is 4.79 Å². The highest BCUT2D eigenvalue weighted by Gasteiger charge is 1.95. The van der Waals surface area contributed by atoms with E-state index in [1.54, 1.807) is 6.08 Å². The Kier molecular flexibility index (Phi) is 9.12. The SMILES string of the molecule is CC[C@H](C)C=CC=CCCC(C)=CC(=O)OC. The number of rotatable bonds is 7. The van der Waals surface area contributed by atoms with Crippen molar-refractivity contribution in [3.8, 4) is 0 Å². The average Bonchev–Trinajstić information content (AvgIpc) is 2.32. The maximum atomic E-state index is 10.9. The molecule has 2 nitrogen and oxygen atoms in total. The normalized spacial score (nSPS) is 14.5. The van der Waals surface area contributed by atoms with Crippen LogP contribution in [-0.4, -0.2) is 13.1 Å². The summed E-state index contributed by atoms with van der Waals surface area (Å²) in [5.74, 6) is 0.365. The molecule has 0 aromatic heterocycles. The van der Waals surface area contributed by atoms with Gasteiger partial charge in [-0.25, -0.2) is 4.79 Å². The molecule has 96 valence electrons. The van der Waals surface area contributed by atoms with E-state index in [0.717, 1.165) is 18.4 Å². The number of allylic oxidation sites excluding steroid dienone is 5. The summed E-state index contributed by atoms with van der Waals surface area (Å²) in [6, 6.07) is 0. The van der Waals surface area contributed by atoms with E-state index in [-0.39, 0.29) is 5.97 Å². The van der Waals surface area contributed by atoms with Gasteiger partial charge in [0.2, 0.25) is 0 Å². The molecule has 0 aromatic carbocycles. The topological polar surface area (TPSA) is 26.3 Å². The summed E-state index contributed by atoms with van der Waals surface area (Å²) in [6.45, 7) is 6.33. The molecule has 0 spiro atoms. The summed E-state index contributed by atoms with van der Waals surface area (Å²) >= 11 is 0. The van der Waals surface area contributed by atoms with E-state index in [4.69, 9.17) is 0 Å². The van der Waals surface area contributed by atoms with Gasteiger partial charge < -0.3 is 4.74 Å². The van der Waals surface area contributed by atoms with E-state index in [1.165, 1.54) is 13.5 Å². The molecule has 0 heterocycles. The molecular weight excluding hydrogens is 212 g/mol. The van der Waals surface area contributed by atoms with Crippen LogP contribution in [0.4, 0.5) is 0 Å². The van der Waals surface area contributed by atoms with Crippen LogP contribution < -0.4 is 0 Å². The highest BCUT2D eigenvalue weighted by Crippen LogP contribution is 2.06. The third-order valence-corrected chi connectivity index (χ3v) is 2.60. The second-order valence-electron chi connectivity index (χ2n) is 4.25. The van der Waals surface area contributed by atoms with Crippen LogP contribution in [0.1, 0.15) is 40.0 Å². The first kappa shape index (κ1) is 15.7. The molecule has 0 saturated carbocycles. The van der Waals surface area contributed by atoms with Crippen molar-refractivity contribution in [3.05, 3.63) is 36.0 Å². The van der Waals surface area contributed by atoms with E-state index in [2.05, 4.69) is 42.9 Å². The zero-order valence-electron chi connectivity index (χ0n) is 11.4. The lowest BCUT2D eigenvalue weighted by Gasteiger charge is -1.98. The molecule has 0 fully saturated rings. The predicted molar refractivity (Wildman–Crippen MR) is 72.7 cm³/mol. The number of carbonyl (C=O) groups excluding carboxylic acids is 1. The molecule has 0 amide bonds. The Morgan fingerprint density at radius 1 is 1.35 bits per heavy atom. The fraction of sp³-hybridized carbons (Fsp3) is 0.533. The number of methoxy groups -OCH3 is 1. The van der Waals surface area contributed by atoms with Crippen LogP contribution >= 0.6 is 0 Å². The third kappa shape index (κ3) is 9.61. The number of hydrogen-bond donors (Lipinski definition) is 0. The van der Waals surface area contributed by atoms with Crippen LogP contribution in [0.15, 0.2) is 36.0 Å². The van der Waals surface area contributed by atoms with Crippen molar-refractivity contribution in [3.63, 3.8) is 0 Å². The molecule has 0 radical (unpaired) electrons. The molecule has 0 N–H and O–H groups in total. The van der Waals surface area contributed by atoms with Gasteiger partial charge in [-0.3, -0.25) is 0 Å². The first-order chi connectivity index (χ1) is 8.10. The Morgan fingerprint density at radius 2 is 2.06 bits per heavy atom. The number of ether oxygens (including phenoxy) is 1. The van der Waals surface area contributed by atoms with Gasteiger partial charge in [0.15, 0.2) is 0 Å². The second-order valence-corrected chi connectivity index (χ2v) is 4.25. The molecule has 0 bridgehead atoms. The van der Waals surface area contributed by atoms with Gasteiger partial charge in [-0.1, -0.05) is 50.1 Å². The molecule has 0 aromatic rings. The molecule has 1 atom stereocenters. The smallest absolute Gasteiger partial charge is 0.330 e. The van der Waals surface area contributed by atoms with Gasteiger partial charge in [-0.15, -0.1) is 0 Å². The highest BCUT2D eigenvalue weighted by molar-refractivity contribution is 5.82. The molecule has 0 aliphatic heterocycles. The van der Waals surface area contributed by atoms with Crippen LogP contribution in [0.25, 0.3) is 0 Å². The molecule has 2 heteroatoms. The van der Waals surface area contributed by atoms with Crippen molar-refractivity contribution >= 4 is 5.97 Å². The van der Waals surface area contributed by atoms with Crippen LogP contribution in [0, 0.1) is 5.92 Å². The van der Waals surface area contributed by atoms with Crippen LogP contribution in [0.2, 0.25) is 0 Å². The number of carbonyl (C=O) groups is 1. The fourth-order valence-electron chi connectivity index (χ4n) is 1.21. The first-order valence-corrected chi connectivity index (χ1v) is 6.18. The zero-order valence-corrected chi connectivity index (χ0v) is 11.4. The van der Waals surface area contributed by atoms with Crippen molar-refractivity contribution in [2.45, 2.75) is 40.0 Å².